The molecule has 0 aromatic carbocycles. The zero-order valence-electron chi connectivity index (χ0n) is 8.66. The molecule has 0 amide bonds. The third kappa shape index (κ3) is 2.57. The van der Waals surface area contributed by atoms with Crippen LogP contribution in [0.25, 0.3) is 0 Å². The lowest BCUT2D eigenvalue weighted by molar-refractivity contribution is 0.374. The lowest BCUT2D eigenvalue weighted by Gasteiger charge is -2.26. The topological polar surface area (TPSA) is 57.5 Å². The van der Waals surface area contributed by atoms with Gasteiger partial charge >= 0.3 is 7.60 Å². The van der Waals surface area contributed by atoms with E-state index < -0.39 is 7.60 Å². The summed E-state index contributed by atoms with van der Waals surface area (Å²) in [6.07, 6.45) is 2.22. The van der Waals surface area contributed by atoms with Crippen molar-refractivity contribution in [3.05, 3.63) is 23.0 Å². The second-order valence-electron chi connectivity index (χ2n) is 4.06. The van der Waals surface area contributed by atoms with E-state index in [1.165, 1.54) is 0 Å². The van der Waals surface area contributed by atoms with Gasteiger partial charge in [-0.25, -0.2) is 0 Å². The van der Waals surface area contributed by atoms with Gasteiger partial charge < -0.3 is 9.79 Å². The van der Waals surface area contributed by atoms with E-state index in [1.54, 1.807) is 0 Å². The van der Waals surface area contributed by atoms with Crippen LogP contribution < -0.4 is 0 Å². The second kappa shape index (κ2) is 4.01. The molecular formula is C10H17O3P. The van der Waals surface area contributed by atoms with Crippen LogP contribution in [0.15, 0.2) is 23.0 Å². The SMILES string of the molecule is C=C(C)[C@@H]1CCC(C)=C(P(=O)(O)O)C1. The molecule has 1 aliphatic rings. The first-order valence-corrected chi connectivity index (χ1v) is 6.33. The van der Waals surface area contributed by atoms with Crippen molar-refractivity contribution in [2.75, 3.05) is 0 Å². The first kappa shape index (κ1) is 11.7. The quantitative estimate of drug-likeness (QED) is 0.551. The molecule has 0 unspecified atom stereocenters. The Morgan fingerprint density at radius 2 is 2.14 bits per heavy atom. The minimum Gasteiger partial charge on any atom is -0.321 e. The zero-order valence-corrected chi connectivity index (χ0v) is 9.55. The molecule has 2 N–H and O–H groups in total. The van der Waals surface area contributed by atoms with Crippen LogP contribution in [0.5, 0.6) is 0 Å². The predicted octanol–water partition coefficient (Wildman–Crippen LogP) is 2.81. The molecule has 1 aliphatic carbocycles. The van der Waals surface area contributed by atoms with Gasteiger partial charge in [0.15, 0.2) is 0 Å². The molecule has 3 nitrogen and oxygen atoms in total. The summed E-state index contributed by atoms with van der Waals surface area (Å²) in [5.74, 6) is 0.237. The van der Waals surface area contributed by atoms with Crippen LogP contribution in [0.3, 0.4) is 0 Å². The summed E-state index contributed by atoms with van der Waals surface area (Å²) in [7, 11) is -4.04. The summed E-state index contributed by atoms with van der Waals surface area (Å²) in [6.45, 7) is 7.57. The number of rotatable bonds is 2. The van der Waals surface area contributed by atoms with Crippen molar-refractivity contribution in [1.29, 1.82) is 0 Å². The molecule has 0 aromatic heterocycles. The first-order chi connectivity index (χ1) is 6.32. The largest absolute Gasteiger partial charge is 0.352 e. The summed E-state index contributed by atoms with van der Waals surface area (Å²) < 4.78 is 11.2. The monoisotopic (exact) mass is 216 g/mol. The average Bonchev–Trinajstić information content (AvgIpc) is 2.02. The van der Waals surface area contributed by atoms with E-state index in [4.69, 9.17) is 9.79 Å². The smallest absolute Gasteiger partial charge is 0.321 e. The average molecular weight is 216 g/mol. The summed E-state index contributed by atoms with van der Waals surface area (Å²) in [6, 6.07) is 0. The number of allylic oxidation sites excluding steroid dienone is 3. The maximum absolute atomic E-state index is 11.2. The van der Waals surface area contributed by atoms with Crippen LogP contribution in [0.1, 0.15) is 33.1 Å². The molecule has 0 saturated heterocycles. The first-order valence-electron chi connectivity index (χ1n) is 4.72. The maximum Gasteiger partial charge on any atom is 0.352 e. The number of hydrogen-bond acceptors (Lipinski definition) is 1. The van der Waals surface area contributed by atoms with Crippen LogP contribution in [0.2, 0.25) is 0 Å². The van der Waals surface area contributed by atoms with E-state index in [9.17, 15) is 4.57 Å². The van der Waals surface area contributed by atoms with E-state index in [0.29, 0.717) is 11.7 Å². The number of hydrogen-bond donors (Lipinski definition) is 2. The van der Waals surface area contributed by atoms with Gasteiger partial charge in [0.1, 0.15) is 0 Å². The Morgan fingerprint density at radius 3 is 2.57 bits per heavy atom. The molecular weight excluding hydrogens is 199 g/mol. The van der Waals surface area contributed by atoms with Crippen molar-refractivity contribution in [2.24, 2.45) is 5.92 Å². The van der Waals surface area contributed by atoms with Gasteiger partial charge in [-0.15, -0.1) is 0 Å². The standard InChI is InChI=1S/C10H17O3P/c1-7(2)9-5-4-8(3)10(6-9)14(11,12)13/h9H,1,4-6H2,2-3H3,(H2,11,12,13)/t9-/m1/s1. The van der Waals surface area contributed by atoms with Gasteiger partial charge in [-0.05, 0) is 39.0 Å². The molecule has 14 heavy (non-hydrogen) atoms. The van der Waals surface area contributed by atoms with Gasteiger partial charge in [-0.3, -0.25) is 4.57 Å². The third-order valence-corrected chi connectivity index (χ3v) is 4.12. The molecule has 1 atom stereocenters. The van der Waals surface area contributed by atoms with Gasteiger partial charge in [0.05, 0.1) is 0 Å². The van der Waals surface area contributed by atoms with E-state index in [0.717, 1.165) is 24.0 Å². The van der Waals surface area contributed by atoms with Crippen molar-refractivity contribution in [3.63, 3.8) is 0 Å². The van der Waals surface area contributed by atoms with Crippen LogP contribution >= 0.6 is 7.60 Å². The van der Waals surface area contributed by atoms with E-state index in [2.05, 4.69) is 6.58 Å². The molecule has 80 valence electrons. The highest BCUT2D eigenvalue weighted by atomic mass is 31.2. The van der Waals surface area contributed by atoms with Crippen molar-refractivity contribution in [3.8, 4) is 0 Å². The second-order valence-corrected chi connectivity index (χ2v) is 5.69. The summed E-state index contributed by atoms with van der Waals surface area (Å²) in [4.78, 5) is 18.3. The predicted molar refractivity (Wildman–Crippen MR) is 56.9 cm³/mol. The highest BCUT2D eigenvalue weighted by molar-refractivity contribution is 7.56. The molecule has 1 rings (SSSR count). The summed E-state index contributed by atoms with van der Waals surface area (Å²) in [5, 5.41) is 0.330. The van der Waals surface area contributed by atoms with E-state index in [1.807, 2.05) is 13.8 Å². The van der Waals surface area contributed by atoms with E-state index >= 15 is 0 Å². The Labute approximate surface area is 84.7 Å². The van der Waals surface area contributed by atoms with Crippen LogP contribution in [-0.2, 0) is 4.57 Å². The molecule has 0 saturated carbocycles. The Morgan fingerprint density at radius 1 is 1.57 bits per heavy atom. The Balaban J connectivity index is 2.93. The Hall–Kier alpha value is -0.370. The minimum atomic E-state index is -4.04. The molecule has 0 aromatic rings. The molecule has 0 bridgehead atoms. The Kier molecular flexibility index (Phi) is 3.36. The maximum atomic E-state index is 11.2. The van der Waals surface area contributed by atoms with Gasteiger partial charge in [-0.2, -0.15) is 0 Å². The fourth-order valence-electron chi connectivity index (χ4n) is 1.83. The summed E-state index contributed by atoms with van der Waals surface area (Å²) in [5.41, 5.74) is 1.87. The van der Waals surface area contributed by atoms with Crippen molar-refractivity contribution in [2.45, 2.75) is 33.1 Å². The van der Waals surface area contributed by atoms with Gasteiger partial charge in [-0.1, -0.05) is 17.7 Å². The lowest BCUT2D eigenvalue weighted by Crippen LogP contribution is -2.10. The Bertz CT molecular complexity index is 324. The fraction of sp³-hybridized carbons (Fsp3) is 0.600. The van der Waals surface area contributed by atoms with Crippen LogP contribution in [0, 0.1) is 5.92 Å². The van der Waals surface area contributed by atoms with Crippen molar-refractivity contribution >= 4 is 7.60 Å². The normalized spacial score (nSPS) is 23.9. The lowest BCUT2D eigenvalue weighted by atomic mass is 9.86. The van der Waals surface area contributed by atoms with Crippen LogP contribution in [-0.4, -0.2) is 9.79 Å². The van der Waals surface area contributed by atoms with Crippen molar-refractivity contribution < 1.29 is 14.4 Å². The minimum absolute atomic E-state index is 0.237. The molecule has 0 heterocycles. The molecule has 0 fully saturated rings. The van der Waals surface area contributed by atoms with Crippen LogP contribution in [0.4, 0.5) is 0 Å². The highest BCUT2D eigenvalue weighted by Crippen LogP contribution is 2.53. The highest BCUT2D eigenvalue weighted by Gasteiger charge is 2.29. The van der Waals surface area contributed by atoms with Crippen molar-refractivity contribution in [1.82, 2.24) is 0 Å². The molecule has 4 heteroatoms. The van der Waals surface area contributed by atoms with Gasteiger partial charge in [0.25, 0.3) is 0 Å². The zero-order chi connectivity index (χ0) is 10.9. The molecule has 0 radical (unpaired) electrons. The van der Waals surface area contributed by atoms with E-state index in [-0.39, 0.29) is 5.92 Å². The summed E-state index contributed by atoms with van der Waals surface area (Å²) >= 11 is 0. The fourth-order valence-corrected chi connectivity index (χ4v) is 2.90. The third-order valence-electron chi connectivity index (χ3n) is 2.85. The molecule has 0 aliphatic heterocycles. The van der Waals surface area contributed by atoms with Gasteiger partial charge in [0, 0.05) is 5.31 Å². The molecule has 0 spiro atoms. The van der Waals surface area contributed by atoms with Gasteiger partial charge in [0.2, 0.25) is 0 Å².